The van der Waals surface area contributed by atoms with Crippen LogP contribution in [0.1, 0.15) is 19.0 Å². The van der Waals surface area contributed by atoms with Crippen molar-refractivity contribution in [2.24, 2.45) is 0 Å². The first-order chi connectivity index (χ1) is 10.4. The van der Waals surface area contributed by atoms with Crippen LogP contribution >= 0.6 is 0 Å². The van der Waals surface area contributed by atoms with E-state index in [1.54, 1.807) is 6.20 Å². The van der Waals surface area contributed by atoms with Gasteiger partial charge in [-0.15, -0.1) is 0 Å². The Hall–Kier alpha value is -2.49. The van der Waals surface area contributed by atoms with Crippen LogP contribution < -0.4 is 5.32 Å². The molecule has 108 valence electrons. The third-order valence-corrected chi connectivity index (χ3v) is 3.56. The fourth-order valence-corrected chi connectivity index (χ4v) is 2.45. The van der Waals surface area contributed by atoms with Crippen LogP contribution in [0.25, 0.3) is 11.3 Å². The summed E-state index contributed by atoms with van der Waals surface area (Å²) in [4.78, 5) is 0. The van der Waals surface area contributed by atoms with Crippen LogP contribution in [0.4, 0.5) is 5.69 Å². The number of anilines is 1. The van der Waals surface area contributed by atoms with Crippen LogP contribution in [0.5, 0.6) is 0 Å². The molecular weight excluding hydrogens is 260 g/mol. The maximum Gasteiger partial charge on any atom is 0.0650 e. The molecule has 0 saturated carbocycles. The molecule has 3 rings (SSSR count). The molecule has 0 saturated heterocycles. The molecule has 2 aromatic heterocycles. The Morgan fingerprint density at radius 1 is 1.14 bits per heavy atom. The second-order valence-electron chi connectivity index (χ2n) is 5.09. The first-order valence-electron chi connectivity index (χ1n) is 7.34. The van der Waals surface area contributed by atoms with Gasteiger partial charge < -0.3 is 9.88 Å². The van der Waals surface area contributed by atoms with Crippen molar-refractivity contribution in [1.29, 1.82) is 0 Å². The maximum atomic E-state index is 3.97. The van der Waals surface area contributed by atoms with Gasteiger partial charge in [0.1, 0.15) is 0 Å². The SMILES string of the molecule is CCCn1cccc1CNc1ccc(-c2ccn[nH]2)cc1. The lowest BCUT2D eigenvalue weighted by Crippen LogP contribution is -2.06. The molecule has 0 unspecified atom stereocenters. The summed E-state index contributed by atoms with van der Waals surface area (Å²) < 4.78 is 2.30. The molecule has 0 bridgehead atoms. The van der Waals surface area contributed by atoms with E-state index in [2.05, 4.69) is 69.6 Å². The molecule has 0 aliphatic carbocycles. The summed E-state index contributed by atoms with van der Waals surface area (Å²) in [6.07, 6.45) is 5.06. The van der Waals surface area contributed by atoms with Crippen molar-refractivity contribution in [2.45, 2.75) is 26.4 Å². The lowest BCUT2D eigenvalue weighted by molar-refractivity contribution is 0.654. The Balaban J connectivity index is 1.64. The Labute approximate surface area is 124 Å². The van der Waals surface area contributed by atoms with Crippen molar-refractivity contribution in [1.82, 2.24) is 14.8 Å². The zero-order chi connectivity index (χ0) is 14.5. The zero-order valence-corrected chi connectivity index (χ0v) is 12.2. The van der Waals surface area contributed by atoms with Gasteiger partial charge in [-0.2, -0.15) is 5.10 Å². The van der Waals surface area contributed by atoms with E-state index in [0.29, 0.717) is 0 Å². The molecule has 1 aromatic carbocycles. The number of nitrogens with zero attached hydrogens (tertiary/aromatic N) is 2. The highest BCUT2D eigenvalue weighted by Crippen LogP contribution is 2.19. The Morgan fingerprint density at radius 3 is 2.71 bits per heavy atom. The van der Waals surface area contributed by atoms with Gasteiger partial charge in [-0.1, -0.05) is 19.1 Å². The van der Waals surface area contributed by atoms with E-state index in [1.165, 1.54) is 5.69 Å². The van der Waals surface area contributed by atoms with E-state index >= 15 is 0 Å². The van der Waals surface area contributed by atoms with Crippen molar-refractivity contribution >= 4 is 5.69 Å². The third-order valence-electron chi connectivity index (χ3n) is 3.56. The minimum absolute atomic E-state index is 0.844. The van der Waals surface area contributed by atoms with Gasteiger partial charge in [0.25, 0.3) is 0 Å². The highest BCUT2D eigenvalue weighted by Gasteiger charge is 2.01. The molecule has 2 N–H and O–H groups in total. The van der Waals surface area contributed by atoms with E-state index in [1.807, 2.05) is 6.07 Å². The number of hydrogen-bond donors (Lipinski definition) is 2. The minimum atomic E-state index is 0.844. The van der Waals surface area contributed by atoms with Crippen LogP contribution in [-0.4, -0.2) is 14.8 Å². The predicted molar refractivity (Wildman–Crippen MR) is 86.1 cm³/mol. The van der Waals surface area contributed by atoms with Gasteiger partial charge in [0.05, 0.1) is 12.2 Å². The average molecular weight is 280 g/mol. The summed E-state index contributed by atoms with van der Waals surface area (Å²) in [7, 11) is 0. The molecule has 0 amide bonds. The van der Waals surface area contributed by atoms with E-state index in [9.17, 15) is 0 Å². The van der Waals surface area contributed by atoms with Crippen molar-refractivity contribution in [3.05, 3.63) is 60.6 Å². The summed E-state index contributed by atoms with van der Waals surface area (Å²) in [5.41, 5.74) is 4.63. The van der Waals surface area contributed by atoms with E-state index in [4.69, 9.17) is 0 Å². The van der Waals surface area contributed by atoms with Gasteiger partial charge in [-0.3, -0.25) is 5.10 Å². The molecule has 2 heterocycles. The molecular formula is C17H20N4. The van der Waals surface area contributed by atoms with Crippen molar-refractivity contribution in [3.63, 3.8) is 0 Å². The number of aromatic amines is 1. The fraction of sp³-hybridized carbons (Fsp3) is 0.235. The van der Waals surface area contributed by atoms with Crippen LogP contribution in [0, 0.1) is 0 Å². The second-order valence-corrected chi connectivity index (χ2v) is 5.09. The van der Waals surface area contributed by atoms with Crippen molar-refractivity contribution < 1.29 is 0 Å². The summed E-state index contributed by atoms with van der Waals surface area (Å²) in [5.74, 6) is 0. The number of nitrogens with one attached hydrogen (secondary N) is 2. The quantitative estimate of drug-likeness (QED) is 0.719. The molecule has 0 aliphatic rings. The van der Waals surface area contributed by atoms with Gasteiger partial charge in [0.2, 0.25) is 0 Å². The minimum Gasteiger partial charge on any atom is -0.379 e. The number of hydrogen-bond acceptors (Lipinski definition) is 2. The van der Waals surface area contributed by atoms with Gasteiger partial charge in [0.15, 0.2) is 0 Å². The van der Waals surface area contributed by atoms with Crippen LogP contribution in [0.3, 0.4) is 0 Å². The van der Waals surface area contributed by atoms with E-state index in [0.717, 1.165) is 36.5 Å². The van der Waals surface area contributed by atoms with E-state index < -0.39 is 0 Å². The molecule has 21 heavy (non-hydrogen) atoms. The van der Waals surface area contributed by atoms with Gasteiger partial charge in [-0.25, -0.2) is 0 Å². The molecule has 0 atom stereocenters. The van der Waals surface area contributed by atoms with Crippen molar-refractivity contribution in [2.75, 3.05) is 5.32 Å². The molecule has 0 fully saturated rings. The Kier molecular flexibility index (Phi) is 4.05. The Morgan fingerprint density at radius 2 is 2.00 bits per heavy atom. The number of aromatic nitrogens is 3. The Bertz CT molecular complexity index is 665. The zero-order valence-electron chi connectivity index (χ0n) is 12.2. The lowest BCUT2D eigenvalue weighted by Gasteiger charge is -2.10. The number of H-pyrrole nitrogens is 1. The number of benzene rings is 1. The largest absolute Gasteiger partial charge is 0.379 e. The van der Waals surface area contributed by atoms with Gasteiger partial charge in [0, 0.05) is 30.3 Å². The molecule has 3 aromatic rings. The molecule has 0 radical (unpaired) electrons. The number of rotatable bonds is 6. The van der Waals surface area contributed by atoms with Crippen LogP contribution in [-0.2, 0) is 13.1 Å². The molecule has 0 aliphatic heterocycles. The highest BCUT2D eigenvalue weighted by molar-refractivity contribution is 5.62. The first-order valence-corrected chi connectivity index (χ1v) is 7.34. The maximum absolute atomic E-state index is 3.97. The van der Waals surface area contributed by atoms with Crippen LogP contribution in [0.2, 0.25) is 0 Å². The van der Waals surface area contributed by atoms with Crippen LogP contribution in [0.15, 0.2) is 54.9 Å². The van der Waals surface area contributed by atoms with Gasteiger partial charge >= 0.3 is 0 Å². The molecule has 4 nitrogen and oxygen atoms in total. The summed E-state index contributed by atoms with van der Waals surface area (Å²) in [5, 5.41) is 10.4. The predicted octanol–water partition coefficient (Wildman–Crippen LogP) is 3.90. The van der Waals surface area contributed by atoms with Gasteiger partial charge in [-0.05, 0) is 42.3 Å². The van der Waals surface area contributed by atoms with E-state index in [-0.39, 0.29) is 0 Å². The highest BCUT2D eigenvalue weighted by atomic mass is 15.1. The summed E-state index contributed by atoms with van der Waals surface area (Å²) in [6, 6.07) is 14.6. The topological polar surface area (TPSA) is 45.6 Å². The summed E-state index contributed by atoms with van der Waals surface area (Å²) in [6.45, 7) is 4.12. The fourth-order valence-electron chi connectivity index (χ4n) is 2.45. The number of aryl methyl sites for hydroxylation is 1. The van der Waals surface area contributed by atoms with Crippen molar-refractivity contribution in [3.8, 4) is 11.3 Å². The second kappa shape index (κ2) is 6.31. The average Bonchev–Trinajstić information content (AvgIpc) is 3.18. The lowest BCUT2D eigenvalue weighted by atomic mass is 10.1. The molecule has 4 heteroatoms. The normalized spacial score (nSPS) is 10.7. The third kappa shape index (κ3) is 3.16. The first kappa shape index (κ1) is 13.5. The smallest absolute Gasteiger partial charge is 0.0650 e. The standard InChI is InChI=1S/C17H20N4/c1-2-11-21-12-3-4-16(21)13-18-15-7-5-14(6-8-15)17-9-10-19-20-17/h3-10,12,18H,2,11,13H2,1H3,(H,19,20). The monoisotopic (exact) mass is 280 g/mol. The summed E-state index contributed by atoms with van der Waals surface area (Å²) >= 11 is 0. The molecule has 0 spiro atoms.